The Hall–Kier alpha value is -4.14. The second-order valence-corrected chi connectivity index (χ2v) is 13.2. The van der Waals surface area contributed by atoms with Crippen molar-refractivity contribution in [1.82, 2.24) is 15.4 Å². The van der Waals surface area contributed by atoms with Crippen LogP contribution in [0.2, 0.25) is 0 Å². The summed E-state index contributed by atoms with van der Waals surface area (Å²) in [7, 11) is 0. The van der Waals surface area contributed by atoms with Crippen LogP contribution in [0, 0.1) is 19.8 Å². The Kier molecular flexibility index (Phi) is 11.1. The summed E-state index contributed by atoms with van der Waals surface area (Å²) in [5.41, 5.74) is 5.77. The first kappa shape index (κ1) is 33.2. The third kappa shape index (κ3) is 8.17. The molecule has 9 nitrogen and oxygen atoms in total. The molecule has 9 heteroatoms. The van der Waals surface area contributed by atoms with Crippen molar-refractivity contribution in [2.75, 3.05) is 42.9 Å². The fourth-order valence-electron chi connectivity index (χ4n) is 6.76. The molecular weight excluding hydrogens is 578 g/mol. The van der Waals surface area contributed by atoms with Gasteiger partial charge in [0.1, 0.15) is 5.56 Å². The van der Waals surface area contributed by atoms with Gasteiger partial charge in [-0.05, 0) is 94.0 Å². The van der Waals surface area contributed by atoms with Crippen molar-refractivity contribution in [1.29, 1.82) is 0 Å². The average molecular weight is 628 g/mol. The first-order valence-electron chi connectivity index (χ1n) is 17.0. The second kappa shape index (κ2) is 15.4. The highest BCUT2D eigenvalue weighted by molar-refractivity contribution is 6.08. The molecule has 3 aromatic rings. The van der Waals surface area contributed by atoms with Crippen LogP contribution in [0.15, 0.2) is 47.0 Å². The molecule has 0 aliphatic carbocycles. The highest BCUT2D eigenvalue weighted by Crippen LogP contribution is 2.33. The SMILES string of the molecule is Cc1ccccc1CCC1CCCN(c2ccc(C(=O)NCCCN3CCCC3=O)cc2NC(=O)c2c(C)noc2C(C)C)CC1. The van der Waals surface area contributed by atoms with E-state index in [2.05, 4.69) is 51.9 Å². The van der Waals surface area contributed by atoms with Gasteiger partial charge in [-0.1, -0.05) is 43.3 Å². The molecular formula is C37H49N5O4. The van der Waals surface area contributed by atoms with Crippen LogP contribution < -0.4 is 15.5 Å². The normalized spacial score (nSPS) is 17.0. The summed E-state index contributed by atoms with van der Waals surface area (Å²) in [5.74, 6) is 0.882. The Morgan fingerprint density at radius 2 is 1.85 bits per heavy atom. The van der Waals surface area contributed by atoms with E-state index < -0.39 is 0 Å². The molecule has 2 aliphatic heterocycles. The number of carbonyl (C=O) groups is 3. The van der Waals surface area contributed by atoms with Crippen LogP contribution in [0.5, 0.6) is 0 Å². The van der Waals surface area contributed by atoms with E-state index in [1.807, 2.05) is 30.9 Å². The maximum atomic E-state index is 13.7. The summed E-state index contributed by atoms with van der Waals surface area (Å²) in [6.45, 7) is 11.6. The van der Waals surface area contributed by atoms with E-state index in [-0.39, 0.29) is 23.6 Å². The van der Waals surface area contributed by atoms with Crippen LogP contribution in [-0.2, 0) is 11.2 Å². The van der Waals surface area contributed by atoms with Crippen LogP contribution in [0.25, 0.3) is 0 Å². The lowest BCUT2D eigenvalue weighted by Gasteiger charge is -2.26. The summed E-state index contributed by atoms with van der Waals surface area (Å²) < 4.78 is 5.50. The zero-order valence-corrected chi connectivity index (χ0v) is 27.9. The number of aromatic nitrogens is 1. The summed E-state index contributed by atoms with van der Waals surface area (Å²) in [6.07, 6.45) is 7.79. The van der Waals surface area contributed by atoms with E-state index in [0.29, 0.717) is 60.1 Å². The number of aryl methyl sites for hydroxylation is 3. The summed E-state index contributed by atoms with van der Waals surface area (Å²) >= 11 is 0. The van der Waals surface area contributed by atoms with Crippen LogP contribution >= 0.6 is 0 Å². The minimum absolute atomic E-state index is 0.00315. The maximum Gasteiger partial charge on any atom is 0.261 e. The number of nitrogens with zero attached hydrogens (tertiary/aromatic N) is 3. The minimum atomic E-state index is -0.289. The molecule has 3 amide bonds. The van der Waals surface area contributed by atoms with Crippen molar-refractivity contribution in [2.24, 2.45) is 5.92 Å². The number of rotatable bonds is 12. The van der Waals surface area contributed by atoms with Crippen LogP contribution in [0.1, 0.15) is 108 Å². The predicted molar refractivity (Wildman–Crippen MR) is 182 cm³/mol. The van der Waals surface area contributed by atoms with Crippen LogP contribution in [0.4, 0.5) is 11.4 Å². The van der Waals surface area contributed by atoms with Crippen molar-refractivity contribution < 1.29 is 18.9 Å². The zero-order valence-electron chi connectivity index (χ0n) is 27.9. The minimum Gasteiger partial charge on any atom is -0.370 e. The number of hydrogen-bond donors (Lipinski definition) is 2. The largest absolute Gasteiger partial charge is 0.370 e. The maximum absolute atomic E-state index is 13.7. The zero-order chi connectivity index (χ0) is 32.6. The van der Waals surface area contributed by atoms with Gasteiger partial charge in [0.2, 0.25) is 5.91 Å². The van der Waals surface area contributed by atoms with Gasteiger partial charge < -0.3 is 25.0 Å². The number of nitrogens with one attached hydrogen (secondary N) is 2. The topological polar surface area (TPSA) is 108 Å². The van der Waals surface area contributed by atoms with Gasteiger partial charge in [0.25, 0.3) is 11.8 Å². The van der Waals surface area contributed by atoms with E-state index >= 15 is 0 Å². The van der Waals surface area contributed by atoms with E-state index in [1.54, 1.807) is 13.0 Å². The Morgan fingerprint density at radius 3 is 2.61 bits per heavy atom. The monoisotopic (exact) mass is 627 g/mol. The molecule has 2 fully saturated rings. The molecule has 1 atom stereocenters. The lowest BCUT2D eigenvalue weighted by molar-refractivity contribution is -0.127. The second-order valence-electron chi connectivity index (χ2n) is 13.2. The Labute approximate surface area is 273 Å². The van der Waals surface area contributed by atoms with Gasteiger partial charge in [0.05, 0.1) is 17.1 Å². The molecule has 246 valence electrons. The molecule has 1 unspecified atom stereocenters. The molecule has 2 aliphatic rings. The van der Waals surface area contributed by atoms with Gasteiger partial charge in [0.15, 0.2) is 5.76 Å². The fraction of sp³-hybridized carbons (Fsp3) is 0.514. The number of carbonyl (C=O) groups excluding carboxylic acids is 3. The number of benzene rings is 2. The van der Waals surface area contributed by atoms with Gasteiger partial charge >= 0.3 is 0 Å². The molecule has 0 spiro atoms. The number of anilines is 2. The lowest BCUT2D eigenvalue weighted by Crippen LogP contribution is -2.31. The molecule has 2 saturated heterocycles. The smallest absolute Gasteiger partial charge is 0.261 e. The van der Waals surface area contributed by atoms with Crippen LogP contribution in [-0.4, -0.2) is 60.5 Å². The first-order chi connectivity index (χ1) is 22.2. The van der Waals surface area contributed by atoms with Gasteiger partial charge in [-0.15, -0.1) is 0 Å². The fourth-order valence-corrected chi connectivity index (χ4v) is 6.76. The third-order valence-corrected chi connectivity index (χ3v) is 9.48. The quantitative estimate of drug-likeness (QED) is 0.218. The number of likely N-dealkylation sites (tertiary alicyclic amines) is 1. The molecule has 2 aromatic carbocycles. The van der Waals surface area contributed by atoms with Gasteiger partial charge in [-0.3, -0.25) is 14.4 Å². The van der Waals surface area contributed by atoms with E-state index in [1.165, 1.54) is 17.5 Å². The Bertz CT molecular complexity index is 1530. The molecule has 0 saturated carbocycles. The molecule has 3 heterocycles. The van der Waals surface area contributed by atoms with Gasteiger partial charge in [-0.25, -0.2) is 0 Å². The number of amides is 3. The molecule has 2 N–H and O–H groups in total. The molecule has 1 aromatic heterocycles. The number of hydrogen-bond acceptors (Lipinski definition) is 6. The highest BCUT2D eigenvalue weighted by Gasteiger charge is 2.26. The molecule has 46 heavy (non-hydrogen) atoms. The Balaban J connectivity index is 1.30. The average Bonchev–Trinajstić information content (AvgIpc) is 3.55. The molecule has 5 rings (SSSR count). The van der Waals surface area contributed by atoms with Crippen molar-refractivity contribution >= 4 is 29.1 Å². The predicted octanol–water partition coefficient (Wildman–Crippen LogP) is 6.65. The van der Waals surface area contributed by atoms with E-state index in [4.69, 9.17) is 4.52 Å². The van der Waals surface area contributed by atoms with Crippen molar-refractivity contribution in [2.45, 2.75) is 85.0 Å². The van der Waals surface area contributed by atoms with E-state index in [0.717, 1.165) is 57.4 Å². The van der Waals surface area contributed by atoms with Gasteiger partial charge in [-0.2, -0.15) is 0 Å². The Morgan fingerprint density at radius 1 is 1.02 bits per heavy atom. The standard InChI is InChI=1S/C37H49N5O4/c1-25(2)35-34(27(4)40-46-35)37(45)39-31-24-30(36(44)38-19-9-22-42-21-8-13-33(42)43)16-17-32(31)41-20-7-11-28(18-23-41)14-15-29-12-6-5-10-26(29)3/h5-6,10,12,16-17,24-25,28H,7-9,11,13-15,18-23H2,1-4H3,(H,38,44)(H,39,45). The molecule has 0 radical (unpaired) electrons. The molecule has 0 bridgehead atoms. The van der Waals surface area contributed by atoms with Gasteiger partial charge in [0, 0.05) is 50.6 Å². The van der Waals surface area contributed by atoms with Crippen molar-refractivity contribution in [3.05, 3.63) is 76.2 Å². The van der Waals surface area contributed by atoms with E-state index in [9.17, 15) is 14.4 Å². The summed E-state index contributed by atoms with van der Waals surface area (Å²) in [6, 6.07) is 14.2. The van der Waals surface area contributed by atoms with Crippen molar-refractivity contribution in [3.8, 4) is 0 Å². The third-order valence-electron chi connectivity index (χ3n) is 9.48. The van der Waals surface area contributed by atoms with Crippen LogP contribution in [0.3, 0.4) is 0 Å². The lowest BCUT2D eigenvalue weighted by atomic mass is 9.92. The van der Waals surface area contributed by atoms with Crippen molar-refractivity contribution in [3.63, 3.8) is 0 Å². The summed E-state index contributed by atoms with van der Waals surface area (Å²) in [5, 5.41) is 10.2. The highest BCUT2D eigenvalue weighted by atomic mass is 16.5. The first-order valence-corrected chi connectivity index (χ1v) is 17.0. The summed E-state index contributed by atoms with van der Waals surface area (Å²) in [4.78, 5) is 43.1.